The van der Waals surface area contributed by atoms with Crippen molar-refractivity contribution in [3.05, 3.63) is 29.3 Å². The summed E-state index contributed by atoms with van der Waals surface area (Å²) in [6.07, 6.45) is 6.78. The fourth-order valence-electron chi connectivity index (χ4n) is 4.98. The van der Waals surface area contributed by atoms with Crippen molar-refractivity contribution in [2.45, 2.75) is 50.7 Å². The molecule has 0 unspecified atom stereocenters. The molecule has 29 heavy (non-hydrogen) atoms. The zero-order chi connectivity index (χ0) is 20.6. The summed E-state index contributed by atoms with van der Waals surface area (Å²) >= 11 is 0. The van der Waals surface area contributed by atoms with Crippen LogP contribution in [-0.4, -0.2) is 74.3 Å². The summed E-state index contributed by atoms with van der Waals surface area (Å²) in [6, 6.07) is 5.95. The minimum atomic E-state index is -3.29. The van der Waals surface area contributed by atoms with Crippen LogP contribution >= 0.6 is 0 Å². The smallest absolute Gasteiger partial charge is 0.237 e. The lowest BCUT2D eigenvalue weighted by Gasteiger charge is -2.38. The summed E-state index contributed by atoms with van der Waals surface area (Å²) in [5.74, 6) is 0.171. The van der Waals surface area contributed by atoms with Gasteiger partial charge in [-0.3, -0.25) is 14.0 Å². The number of sulfonamides is 1. The Kier molecular flexibility index (Phi) is 5.86. The highest BCUT2D eigenvalue weighted by atomic mass is 32.2. The third-order valence-electron chi connectivity index (χ3n) is 6.50. The zero-order valence-electron chi connectivity index (χ0n) is 17.1. The lowest BCUT2D eigenvalue weighted by Crippen LogP contribution is -2.54. The molecule has 4 rings (SSSR count). The molecule has 1 saturated carbocycles. The van der Waals surface area contributed by atoms with Gasteiger partial charge in [0.15, 0.2) is 0 Å². The van der Waals surface area contributed by atoms with Crippen LogP contribution < -0.4 is 4.31 Å². The van der Waals surface area contributed by atoms with Gasteiger partial charge in [0.2, 0.25) is 15.9 Å². The van der Waals surface area contributed by atoms with Crippen molar-refractivity contribution in [3.8, 4) is 0 Å². The number of aliphatic hydroxyl groups is 1. The molecule has 2 aliphatic heterocycles. The molecule has 3 aliphatic rings. The van der Waals surface area contributed by atoms with Gasteiger partial charge in [-0.05, 0) is 42.9 Å². The number of hydrogen-bond acceptors (Lipinski definition) is 5. The number of amides is 1. The number of aryl methyl sites for hydroxylation is 1. The summed E-state index contributed by atoms with van der Waals surface area (Å²) in [7, 11) is -3.29. The highest BCUT2D eigenvalue weighted by Crippen LogP contribution is 2.32. The van der Waals surface area contributed by atoms with Crippen molar-refractivity contribution < 1.29 is 18.3 Å². The van der Waals surface area contributed by atoms with Crippen molar-refractivity contribution >= 4 is 21.6 Å². The Balaban J connectivity index is 1.40. The van der Waals surface area contributed by atoms with Gasteiger partial charge < -0.3 is 10.0 Å². The van der Waals surface area contributed by atoms with Crippen molar-refractivity contribution in [2.75, 3.05) is 43.3 Å². The van der Waals surface area contributed by atoms with Crippen LogP contribution in [0.2, 0.25) is 0 Å². The number of anilines is 1. The highest BCUT2D eigenvalue weighted by molar-refractivity contribution is 7.92. The van der Waals surface area contributed by atoms with E-state index < -0.39 is 16.1 Å². The van der Waals surface area contributed by atoms with E-state index in [1.165, 1.54) is 23.4 Å². The first-order valence-electron chi connectivity index (χ1n) is 10.6. The maximum absolute atomic E-state index is 12.6. The van der Waals surface area contributed by atoms with Gasteiger partial charge >= 0.3 is 0 Å². The van der Waals surface area contributed by atoms with Gasteiger partial charge in [0, 0.05) is 32.2 Å². The summed E-state index contributed by atoms with van der Waals surface area (Å²) in [4.78, 5) is 16.6. The first-order chi connectivity index (χ1) is 13.8. The quantitative estimate of drug-likeness (QED) is 0.780. The van der Waals surface area contributed by atoms with Crippen molar-refractivity contribution in [3.63, 3.8) is 0 Å². The third-order valence-corrected chi connectivity index (χ3v) is 7.68. The Hall–Kier alpha value is -1.64. The number of β-amino-alcohol motifs (C(OH)–C–C–N with tert-alkyl or cyclic N) is 1. The van der Waals surface area contributed by atoms with Gasteiger partial charge in [-0.25, -0.2) is 8.42 Å². The molecule has 1 amide bonds. The van der Waals surface area contributed by atoms with E-state index in [0.717, 1.165) is 55.6 Å². The van der Waals surface area contributed by atoms with Crippen molar-refractivity contribution in [1.29, 1.82) is 0 Å². The predicted octanol–water partition coefficient (Wildman–Crippen LogP) is 1.52. The molecule has 2 heterocycles. The van der Waals surface area contributed by atoms with Crippen LogP contribution in [0.3, 0.4) is 0 Å². The number of piperazine rings is 1. The number of hydrogen-bond donors (Lipinski definition) is 1. The van der Waals surface area contributed by atoms with Crippen LogP contribution in [0, 0.1) is 0 Å². The Labute approximate surface area is 173 Å². The number of benzene rings is 1. The van der Waals surface area contributed by atoms with Crippen molar-refractivity contribution in [2.24, 2.45) is 0 Å². The second kappa shape index (κ2) is 8.24. The van der Waals surface area contributed by atoms with Gasteiger partial charge in [0.1, 0.15) is 0 Å². The zero-order valence-corrected chi connectivity index (χ0v) is 17.9. The summed E-state index contributed by atoms with van der Waals surface area (Å²) in [5, 5.41) is 10.8. The molecular weight excluding hydrogens is 390 g/mol. The topological polar surface area (TPSA) is 81.2 Å². The van der Waals surface area contributed by atoms with E-state index in [0.29, 0.717) is 25.7 Å². The average Bonchev–Trinajstić information content (AvgIpc) is 3.21. The highest BCUT2D eigenvalue weighted by Gasteiger charge is 2.32. The van der Waals surface area contributed by atoms with Gasteiger partial charge in [-0.1, -0.05) is 25.0 Å². The lowest BCUT2D eigenvalue weighted by atomic mass is 9.98. The van der Waals surface area contributed by atoms with E-state index in [1.807, 2.05) is 21.9 Å². The number of nitrogens with zero attached hydrogens (tertiary/aromatic N) is 3. The van der Waals surface area contributed by atoms with Crippen LogP contribution in [0.4, 0.5) is 5.69 Å². The number of aliphatic hydroxyl groups excluding tert-OH is 1. The Morgan fingerprint density at radius 2 is 1.90 bits per heavy atom. The molecule has 1 aliphatic carbocycles. The fraction of sp³-hybridized carbons (Fsp3) is 0.667. The van der Waals surface area contributed by atoms with Crippen molar-refractivity contribution in [1.82, 2.24) is 9.80 Å². The third kappa shape index (κ3) is 4.44. The Morgan fingerprint density at radius 3 is 2.59 bits per heavy atom. The fourth-order valence-corrected chi connectivity index (χ4v) is 5.97. The largest absolute Gasteiger partial charge is 0.387 e. The molecule has 1 atom stereocenters. The SMILES string of the molecule is CS(=O)(=O)N1CCCc2cc([C@@H](O)CN3CCN(C4CCCC4)C(=O)C3)ccc21. The molecule has 1 aromatic carbocycles. The second-order valence-corrected chi connectivity index (χ2v) is 10.5. The minimum absolute atomic E-state index is 0.171. The second-order valence-electron chi connectivity index (χ2n) is 8.60. The van der Waals surface area contributed by atoms with E-state index in [4.69, 9.17) is 0 Å². The molecule has 8 heteroatoms. The van der Waals surface area contributed by atoms with E-state index in [9.17, 15) is 18.3 Å². The van der Waals surface area contributed by atoms with Gasteiger partial charge in [-0.2, -0.15) is 0 Å². The molecule has 0 bridgehead atoms. The maximum atomic E-state index is 12.6. The molecule has 7 nitrogen and oxygen atoms in total. The number of carbonyl (C=O) groups excluding carboxylic acids is 1. The van der Waals surface area contributed by atoms with Crippen LogP contribution in [0.15, 0.2) is 18.2 Å². The summed E-state index contributed by atoms with van der Waals surface area (Å²) < 4.78 is 25.5. The normalized spacial score (nSPS) is 22.8. The first-order valence-corrected chi connectivity index (χ1v) is 12.5. The molecule has 0 spiro atoms. The molecule has 2 fully saturated rings. The number of fused-ring (bicyclic) bond motifs is 1. The van der Waals surface area contributed by atoms with E-state index in [2.05, 4.69) is 0 Å². The number of carbonyl (C=O) groups is 1. The maximum Gasteiger partial charge on any atom is 0.237 e. The summed E-state index contributed by atoms with van der Waals surface area (Å²) in [5.41, 5.74) is 2.46. The van der Waals surface area contributed by atoms with E-state index in [-0.39, 0.29) is 5.91 Å². The van der Waals surface area contributed by atoms with Crippen LogP contribution in [-0.2, 0) is 21.2 Å². The van der Waals surface area contributed by atoms with Gasteiger partial charge in [0.05, 0.1) is 24.6 Å². The Bertz CT molecular complexity index is 867. The molecular formula is C21H31N3O4S. The van der Waals surface area contributed by atoms with Crippen LogP contribution in [0.25, 0.3) is 0 Å². The van der Waals surface area contributed by atoms with Gasteiger partial charge in [-0.15, -0.1) is 0 Å². The lowest BCUT2D eigenvalue weighted by molar-refractivity contribution is -0.139. The van der Waals surface area contributed by atoms with Crippen LogP contribution in [0.5, 0.6) is 0 Å². The predicted molar refractivity (Wildman–Crippen MR) is 112 cm³/mol. The van der Waals surface area contributed by atoms with E-state index >= 15 is 0 Å². The number of rotatable bonds is 5. The molecule has 160 valence electrons. The first kappa shape index (κ1) is 20.6. The van der Waals surface area contributed by atoms with Gasteiger partial charge in [0.25, 0.3) is 0 Å². The average molecular weight is 422 g/mol. The molecule has 0 radical (unpaired) electrons. The summed E-state index contributed by atoms with van der Waals surface area (Å²) in [6.45, 7) is 2.80. The standard InChI is InChI=1S/C21H31N3O4S/c1-29(27,28)24-10-4-5-16-13-17(8-9-19(16)24)20(25)14-22-11-12-23(21(26)15-22)18-6-2-3-7-18/h8-9,13,18,20,25H,2-7,10-12,14-15H2,1H3/t20-/m0/s1. The van der Waals surface area contributed by atoms with Crippen LogP contribution in [0.1, 0.15) is 49.3 Å². The Morgan fingerprint density at radius 1 is 1.14 bits per heavy atom. The monoisotopic (exact) mass is 421 g/mol. The molecule has 1 aromatic rings. The molecule has 1 N–H and O–H groups in total. The molecule has 1 saturated heterocycles. The van der Waals surface area contributed by atoms with E-state index in [1.54, 1.807) is 6.07 Å². The molecule has 0 aromatic heterocycles. The minimum Gasteiger partial charge on any atom is -0.387 e.